The molecular formula is C40H28F6N2O6. The fourth-order valence-corrected chi connectivity index (χ4v) is 5.33. The van der Waals surface area contributed by atoms with Crippen LogP contribution in [0.25, 0.3) is 0 Å². The van der Waals surface area contributed by atoms with Gasteiger partial charge < -0.3 is 28.4 Å². The summed E-state index contributed by atoms with van der Waals surface area (Å²) < 4.78 is 109. The van der Waals surface area contributed by atoms with Crippen molar-refractivity contribution >= 4 is 0 Å². The van der Waals surface area contributed by atoms with Gasteiger partial charge in [-0.25, -0.2) is 9.97 Å². The van der Waals surface area contributed by atoms with Crippen molar-refractivity contribution in [3.63, 3.8) is 0 Å². The third kappa shape index (κ3) is 8.77. The molecule has 0 unspecified atom stereocenters. The second-order valence-corrected chi connectivity index (χ2v) is 11.9. The highest BCUT2D eigenvalue weighted by molar-refractivity contribution is 5.52. The smallest absolute Gasteiger partial charge is 0.417 e. The number of pyridine rings is 2. The van der Waals surface area contributed by atoms with Gasteiger partial charge in [-0.2, -0.15) is 26.3 Å². The van der Waals surface area contributed by atoms with Crippen LogP contribution in [-0.4, -0.2) is 9.97 Å². The van der Waals surface area contributed by atoms with Crippen molar-refractivity contribution < 1.29 is 54.8 Å². The van der Waals surface area contributed by atoms with Gasteiger partial charge in [0.25, 0.3) is 0 Å². The molecule has 0 atom stereocenters. The van der Waals surface area contributed by atoms with E-state index in [0.29, 0.717) is 46.0 Å². The van der Waals surface area contributed by atoms with E-state index in [1.54, 1.807) is 36.4 Å². The summed E-state index contributed by atoms with van der Waals surface area (Å²) in [5, 5.41) is 0. The Morgan fingerprint density at radius 2 is 0.981 bits per heavy atom. The maximum atomic E-state index is 12.6. The number of fused-ring (bicyclic) bond motifs is 2. The number of ether oxygens (including phenoxy) is 6. The molecule has 0 radical (unpaired) electrons. The van der Waals surface area contributed by atoms with Crippen LogP contribution in [0.1, 0.15) is 36.8 Å². The zero-order chi connectivity index (χ0) is 37.7. The lowest BCUT2D eigenvalue weighted by atomic mass is 10.0. The van der Waals surface area contributed by atoms with Crippen molar-refractivity contribution in [1.29, 1.82) is 0 Å². The monoisotopic (exact) mass is 746 g/mol. The lowest BCUT2D eigenvalue weighted by Crippen LogP contribution is -2.08. The van der Waals surface area contributed by atoms with E-state index < -0.39 is 23.5 Å². The molecule has 0 bridgehead atoms. The van der Waals surface area contributed by atoms with Crippen LogP contribution in [-0.2, 0) is 12.4 Å². The van der Waals surface area contributed by atoms with Crippen LogP contribution in [0.3, 0.4) is 0 Å². The Hall–Kier alpha value is -6.44. The number of hydrogen-bond donors (Lipinski definition) is 0. The van der Waals surface area contributed by atoms with Crippen molar-refractivity contribution in [2.75, 3.05) is 0 Å². The molecule has 2 aliphatic carbocycles. The number of halogens is 6. The molecule has 8 rings (SSSR count). The number of allylic oxidation sites excluding steroid dienone is 8. The Morgan fingerprint density at radius 3 is 1.33 bits per heavy atom. The first-order valence-corrected chi connectivity index (χ1v) is 16.5. The van der Waals surface area contributed by atoms with Gasteiger partial charge in [-0.3, -0.25) is 0 Å². The quantitative estimate of drug-likeness (QED) is 0.180. The fourth-order valence-electron chi connectivity index (χ4n) is 5.33. The van der Waals surface area contributed by atoms with Crippen molar-refractivity contribution in [3.8, 4) is 46.3 Å². The van der Waals surface area contributed by atoms with Crippen LogP contribution in [0.4, 0.5) is 26.3 Å². The van der Waals surface area contributed by atoms with Crippen molar-refractivity contribution in [2.45, 2.75) is 38.0 Å². The minimum absolute atomic E-state index is 0.0510. The van der Waals surface area contributed by atoms with Gasteiger partial charge in [0.2, 0.25) is 11.8 Å². The number of rotatable bonds is 6. The summed E-state index contributed by atoms with van der Waals surface area (Å²) in [6.07, 6.45) is 11.4. The van der Waals surface area contributed by atoms with Crippen LogP contribution >= 0.6 is 0 Å². The molecule has 276 valence electrons. The molecule has 14 heteroatoms. The highest BCUT2D eigenvalue weighted by Gasteiger charge is 2.32. The molecule has 2 aromatic carbocycles. The highest BCUT2D eigenvalue weighted by atomic mass is 19.4. The minimum atomic E-state index is -4.43. The van der Waals surface area contributed by atoms with E-state index in [4.69, 9.17) is 28.4 Å². The molecule has 4 aromatic rings. The molecule has 0 saturated carbocycles. The van der Waals surface area contributed by atoms with E-state index in [-0.39, 0.29) is 11.8 Å². The van der Waals surface area contributed by atoms with E-state index in [0.717, 1.165) is 61.4 Å². The van der Waals surface area contributed by atoms with E-state index in [1.165, 1.54) is 24.7 Å². The van der Waals surface area contributed by atoms with Gasteiger partial charge in [-0.1, -0.05) is 36.5 Å². The van der Waals surface area contributed by atoms with Crippen LogP contribution in [0.2, 0.25) is 0 Å². The van der Waals surface area contributed by atoms with Gasteiger partial charge in [-0.15, -0.1) is 0 Å². The average Bonchev–Trinajstić information content (AvgIpc) is 3.18. The van der Waals surface area contributed by atoms with Crippen molar-refractivity contribution in [3.05, 3.63) is 156 Å². The maximum Gasteiger partial charge on any atom is 0.417 e. The van der Waals surface area contributed by atoms with Crippen LogP contribution in [0.15, 0.2) is 145 Å². The number of aromatic nitrogens is 2. The molecule has 2 aromatic heterocycles. The van der Waals surface area contributed by atoms with Gasteiger partial charge in [-0.05, 0) is 73.2 Å². The molecule has 0 N–H and O–H groups in total. The predicted molar refractivity (Wildman–Crippen MR) is 183 cm³/mol. The Morgan fingerprint density at radius 1 is 0.537 bits per heavy atom. The van der Waals surface area contributed by atoms with E-state index >= 15 is 0 Å². The van der Waals surface area contributed by atoms with E-state index in [2.05, 4.69) is 22.1 Å². The standard InChI is InChI=1S/2C20H14F3NO3/c2*21-20(22,23)14-6-9-19(24-11-14)26-15-7-8-16-17(10-15)25-12-18(27-16)13-4-2-1-3-5-13/h2*1-2,4,6-12H,3,5H2. The highest BCUT2D eigenvalue weighted by Crippen LogP contribution is 2.41. The molecule has 2 aliphatic heterocycles. The summed E-state index contributed by atoms with van der Waals surface area (Å²) in [6.45, 7) is 0. The Balaban J connectivity index is 0.000000167. The first-order valence-electron chi connectivity index (χ1n) is 16.5. The number of alkyl halides is 6. The van der Waals surface area contributed by atoms with E-state index in [9.17, 15) is 26.3 Å². The number of nitrogens with zero attached hydrogens (tertiary/aromatic N) is 2. The van der Waals surface area contributed by atoms with Gasteiger partial charge in [0, 0.05) is 36.7 Å². The molecular weight excluding hydrogens is 718 g/mol. The number of hydrogen-bond acceptors (Lipinski definition) is 8. The summed E-state index contributed by atoms with van der Waals surface area (Å²) in [5.41, 5.74) is 0.443. The van der Waals surface area contributed by atoms with E-state index in [1.807, 2.05) is 24.3 Å². The Labute approximate surface area is 304 Å². The van der Waals surface area contributed by atoms with Crippen molar-refractivity contribution in [1.82, 2.24) is 9.97 Å². The van der Waals surface area contributed by atoms with Gasteiger partial charge >= 0.3 is 12.4 Å². The largest absolute Gasteiger partial charge is 0.457 e. The molecule has 54 heavy (non-hydrogen) atoms. The summed E-state index contributed by atoms with van der Waals surface area (Å²) >= 11 is 0. The first-order chi connectivity index (χ1) is 26.0. The van der Waals surface area contributed by atoms with Crippen LogP contribution in [0.5, 0.6) is 46.3 Å². The summed E-state index contributed by atoms with van der Waals surface area (Å²) in [4.78, 5) is 7.37. The zero-order valence-electron chi connectivity index (χ0n) is 28.0. The Kier molecular flexibility index (Phi) is 10.2. The molecule has 0 amide bonds. The lowest BCUT2D eigenvalue weighted by Gasteiger charge is -2.21. The number of benzene rings is 2. The molecule has 0 fully saturated rings. The first kappa shape index (κ1) is 35.9. The summed E-state index contributed by atoms with van der Waals surface area (Å²) in [5.74, 6) is 4.15. The summed E-state index contributed by atoms with van der Waals surface area (Å²) in [6, 6.07) is 14.0. The second-order valence-electron chi connectivity index (χ2n) is 11.9. The third-order valence-corrected chi connectivity index (χ3v) is 8.09. The van der Waals surface area contributed by atoms with Gasteiger partial charge in [0.05, 0.1) is 11.1 Å². The molecule has 0 saturated heterocycles. The van der Waals surface area contributed by atoms with Crippen molar-refractivity contribution in [2.24, 2.45) is 0 Å². The average molecular weight is 747 g/mol. The van der Waals surface area contributed by atoms with Gasteiger partial charge in [0.1, 0.15) is 24.0 Å². The zero-order valence-corrected chi connectivity index (χ0v) is 28.0. The Bertz CT molecular complexity index is 2040. The predicted octanol–water partition coefficient (Wildman–Crippen LogP) is 11.6. The lowest BCUT2D eigenvalue weighted by molar-refractivity contribution is -0.138. The fraction of sp³-hybridized carbons (Fsp3) is 0.150. The maximum absolute atomic E-state index is 12.6. The van der Waals surface area contributed by atoms with Crippen LogP contribution in [0, 0.1) is 0 Å². The van der Waals surface area contributed by atoms with Crippen LogP contribution < -0.4 is 28.4 Å². The van der Waals surface area contributed by atoms with Gasteiger partial charge in [0.15, 0.2) is 34.5 Å². The summed E-state index contributed by atoms with van der Waals surface area (Å²) in [7, 11) is 0. The molecule has 4 aliphatic rings. The molecule has 4 heterocycles. The molecule has 0 spiro atoms. The SMILES string of the molecule is FC(F)(F)c1ccc(Oc2ccc3c(c2)OC=C(C2=CC=CCC2)O3)nc1.FC(F)(F)c1ccc(Oc2ccc3c(c2)OC=C(C2=CC=CCC2)O3)nc1. The normalized spacial score (nSPS) is 15.8. The topological polar surface area (TPSA) is 81.2 Å². The molecule has 8 nitrogen and oxygen atoms in total. The second kappa shape index (κ2) is 15.3. The third-order valence-electron chi connectivity index (χ3n) is 8.09. The minimum Gasteiger partial charge on any atom is -0.457 e.